The van der Waals surface area contributed by atoms with Crippen LogP contribution in [0.4, 0.5) is 0 Å². The van der Waals surface area contributed by atoms with Gasteiger partial charge in [-0.3, -0.25) is 0 Å². The van der Waals surface area contributed by atoms with Crippen LogP contribution in [0, 0.1) is 6.92 Å². The molecule has 0 aliphatic heterocycles. The summed E-state index contributed by atoms with van der Waals surface area (Å²) in [5, 5.41) is 3.39. The van der Waals surface area contributed by atoms with Crippen LogP contribution in [0.1, 0.15) is 22.7 Å². The number of ether oxygens (including phenoxy) is 1. The first-order chi connectivity index (χ1) is 9.63. The summed E-state index contributed by atoms with van der Waals surface area (Å²) in [7, 11) is 3.69. The zero-order valence-electron chi connectivity index (χ0n) is 12.1. The normalized spacial score (nSPS) is 12.2. The average Bonchev–Trinajstić information content (AvgIpc) is 2.46. The molecule has 0 saturated heterocycles. The Morgan fingerprint density at radius 2 is 1.85 bits per heavy atom. The van der Waals surface area contributed by atoms with Gasteiger partial charge in [-0.1, -0.05) is 35.9 Å². The molecule has 0 saturated carbocycles. The van der Waals surface area contributed by atoms with Crippen molar-refractivity contribution in [1.29, 1.82) is 0 Å². The minimum Gasteiger partial charge on any atom is -0.496 e. The Hall–Kier alpha value is -1.32. The van der Waals surface area contributed by atoms with E-state index in [9.17, 15) is 0 Å². The lowest BCUT2D eigenvalue weighted by atomic mass is 9.98. The number of likely N-dealkylation sites (N-methyl/N-ethyl adjacent to an activating group) is 1. The molecule has 0 amide bonds. The number of hydrogen-bond donors (Lipinski definition) is 1. The number of methoxy groups -OCH3 is 1. The maximum absolute atomic E-state index is 5.27. The quantitative estimate of drug-likeness (QED) is 0.882. The molecule has 0 spiro atoms. The molecule has 2 rings (SSSR count). The minimum absolute atomic E-state index is 0.316. The van der Waals surface area contributed by atoms with Crippen LogP contribution in [-0.2, 0) is 6.42 Å². The highest BCUT2D eigenvalue weighted by Gasteiger charge is 2.11. The van der Waals surface area contributed by atoms with Crippen LogP contribution >= 0.6 is 15.9 Å². The molecule has 0 bridgehead atoms. The van der Waals surface area contributed by atoms with E-state index in [4.69, 9.17) is 4.74 Å². The van der Waals surface area contributed by atoms with E-state index in [1.807, 2.05) is 13.1 Å². The summed E-state index contributed by atoms with van der Waals surface area (Å²) in [5.41, 5.74) is 3.87. The molecule has 0 fully saturated rings. The van der Waals surface area contributed by atoms with Crippen LogP contribution < -0.4 is 10.1 Å². The summed E-state index contributed by atoms with van der Waals surface area (Å²) in [5.74, 6) is 0.866. The van der Waals surface area contributed by atoms with Gasteiger partial charge in [-0.2, -0.15) is 0 Å². The van der Waals surface area contributed by atoms with E-state index in [1.54, 1.807) is 7.11 Å². The van der Waals surface area contributed by atoms with Gasteiger partial charge in [0.25, 0.3) is 0 Å². The van der Waals surface area contributed by atoms with Crippen molar-refractivity contribution in [2.45, 2.75) is 19.4 Å². The highest BCUT2D eigenvalue weighted by atomic mass is 79.9. The molecule has 0 heterocycles. The van der Waals surface area contributed by atoms with E-state index in [2.05, 4.69) is 64.6 Å². The predicted molar refractivity (Wildman–Crippen MR) is 87.4 cm³/mol. The first-order valence-corrected chi connectivity index (χ1v) is 7.49. The topological polar surface area (TPSA) is 21.3 Å². The van der Waals surface area contributed by atoms with Crippen LogP contribution in [0.25, 0.3) is 0 Å². The van der Waals surface area contributed by atoms with E-state index in [0.29, 0.717) is 6.04 Å². The Balaban J connectivity index is 2.17. The largest absolute Gasteiger partial charge is 0.496 e. The monoisotopic (exact) mass is 333 g/mol. The Kier molecular flexibility index (Phi) is 5.21. The van der Waals surface area contributed by atoms with Gasteiger partial charge >= 0.3 is 0 Å². The smallest absolute Gasteiger partial charge is 0.133 e. The van der Waals surface area contributed by atoms with Gasteiger partial charge in [-0.25, -0.2) is 0 Å². The van der Waals surface area contributed by atoms with Crippen molar-refractivity contribution in [3.05, 3.63) is 63.6 Å². The SMILES string of the molecule is CNC(Cc1ccc(OC)c(Br)c1)c1ccc(C)cc1. The van der Waals surface area contributed by atoms with Gasteiger partial charge in [0, 0.05) is 6.04 Å². The Labute approximate surface area is 129 Å². The molecule has 1 unspecified atom stereocenters. The molecule has 0 aliphatic carbocycles. The highest BCUT2D eigenvalue weighted by molar-refractivity contribution is 9.10. The van der Waals surface area contributed by atoms with Gasteiger partial charge in [0.1, 0.15) is 5.75 Å². The third-order valence-corrected chi connectivity index (χ3v) is 4.10. The number of benzene rings is 2. The summed E-state index contributed by atoms with van der Waals surface area (Å²) in [6.07, 6.45) is 0.947. The lowest BCUT2D eigenvalue weighted by molar-refractivity contribution is 0.412. The fourth-order valence-corrected chi connectivity index (χ4v) is 2.85. The summed E-state index contributed by atoms with van der Waals surface area (Å²) in [6.45, 7) is 2.11. The van der Waals surface area contributed by atoms with E-state index in [-0.39, 0.29) is 0 Å². The van der Waals surface area contributed by atoms with Crippen molar-refractivity contribution in [2.75, 3.05) is 14.2 Å². The molecule has 20 heavy (non-hydrogen) atoms. The molecule has 106 valence electrons. The summed E-state index contributed by atoms with van der Waals surface area (Å²) in [4.78, 5) is 0. The van der Waals surface area contributed by atoms with Crippen LogP contribution in [0.5, 0.6) is 5.75 Å². The van der Waals surface area contributed by atoms with Crippen LogP contribution in [-0.4, -0.2) is 14.2 Å². The van der Waals surface area contributed by atoms with Crippen LogP contribution in [0.15, 0.2) is 46.9 Å². The van der Waals surface area contributed by atoms with Crippen molar-refractivity contribution in [3.63, 3.8) is 0 Å². The molecule has 2 nitrogen and oxygen atoms in total. The van der Waals surface area contributed by atoms with E-state index < -0.39 is 0 Å². The number of rotatable bonds is 5. The van der Waals surface area contributed by atoms with Gasteiger partial charge in [-0.15, -0.1) is 0 Å². The van der Waals surface area contributed by atoms with Gasteiger partial charge in [0.2, 0.25) is 0 Å². The van der Waals surface area contributed by atoms with Crippen LogP contribution in [0.3, 0.4) is 0 Å². The van der Waals surface area contributed by atoms with Gasteiger partial charge in [0.05, 0.1) is 11.6 Å². The molecule has 2 aromatic rings. The molecule has 1 atom stereocenters. The minimum atomic E-state index is 0.316. The predicted octanol–water partition coefficient (Wildman–Crippen LogP) is 4.27. The first kappa shape index (κ1) is 15.1. The second-order valence-electron chi connectivity index (χ2n) is 4.92. The number of hydrogen-bond acceptors (Lipinski definition) is 2. The van der Waals surface area contributed by atoms with E-state index in [0.717, 1.165) is 16.6 Å². The summed E-state index contributed by atoms with van der Waals surface area (Å²) in [6, 6.07) is 15.2. The number of aryl methyl sites for hydroxylation is 1. The number of nitrogens with one attached hydrogen (secondary N) is 1. The van der Waals surface area contributed by atoms with Crippen molar-refractivity contribution in [2.24, 2.45) is 0 Å². The average molecular weight is 334 g/mol. The Morgan fingerprint density at radius 1 is 1.15 bits per heavy atom. The number of halogens is 1. The summed E-state index contributed by atoms with van der Waals surface area (Å²) >= 11 is 3.54. The molecule has 1 N–H and O–H groups in total. The van der Waals surface area contributed by atoms with Crippen molar-refractivity contribution >= 4 is 15.9 Å². The third-order valence-electron chi connectivity index (χ3n) is 3.48. The molecular weight excluding hydrogens is 314 g/mol. The highest BCUT2D eigenvalue weighted by Crippen LogP contribution is 2.27. The lowest BCUT2D eigenvalue weighted by Gasteiger charge is -2.17. The van der Waals surface area contributed by atoms with Crippen molar-refractivity contribution in [1.82, 2.24) is 5.32 Å². The zero-order chi connectivity index (χ0) is 14.5. The molecular formula is C17H20BrNO. The van der Waals surface area contributed by atoms with Gasteiger partial charge in [-0.05, 0) is 59.6 Å². The van der Waals surface area contributed by atoms with Crippen molar-refractivity contribution < 1.29 is 4.74 Å². The molecule has 3 heteroatoms. The molecule has 2 aromatic carbocycles. The lowest BCUT2D eigenvalue weighted by Crippen LogP contribution is -2.18. The molecule has 0 aromatic heterocycles. The second-order valence-corrected chi connectivity index (χ2v) is 5.78. The fraction of sp³-hybridized carbons (Fsp3) is 0.294. The van der Waals surface area contributed by atoms with Crippen molar-refractivity contribution in [3.8, 4) is 5.75 Å². The second kappa shape index (κ2) is 6.91. The zero-order valence-corrected chi connectivity index (χ0v) is 13.7. The maximum atomic E-state index is 5.27. The molecule has 0 radical (unpaired) electrons. The van der Waals surface area contributed by atoms with E-state index >= 15 is 0 Å². The summed E-state index contributed by atoms with van der Waals surface area (Å²) < 4.78 is 6.26. The first-order valence-electron chi connectivity index (χ1n) is 6.70. The van der Waals surface area contributed by atoms with Gasteiger partial charge < -0.3 is 10.1 Å². The Morgan fingerprint density at radius 3 is 2.40 bits per heavy atom. The standard InChI is InChI=1S/C17H20BrNO/c1-12-4-7-14(8-5-12)16(19-2)11-13-6-9-17(20-3)15(18)10-13/h4-10,16,19H,11H2,1-3H3. The Bertz CT molecular complexity index is 566. The molecule has 0 aliphatic rings. The fourth-order valence-electron chi connectivity index (χ4n) is 2.26. The van der Waals surface area contributed by atoms with Gasteiger partial charge in [0.15, 0.2) is 0 Å². The van der Waals surface area contributed by atoms with Crippen LogP contribution in [0.2, 0.25) is 0 Å². The third kappa shape index (κ3) is 3.62. The maximum Gasteiger partial charge on any atom is 0.133 e. The van der Waals surface area contributed by atoms with E-state index in [1.165, 1.54) is 16.7 Å².